The molecule has 5 heteroatoms. The van der Waals surface area contributed by atoms with Crippen LogP contribution in [0.4, 0.5) is 0 Å². The number of aromatic nitrogens is 2. The van der Waals surface area contributed by atoms with Crippen molar-refractivity contribution >= 4 is 17.2 Å². The average Bonchev–Trinajstić information content (AvgIpc) is 3.09. The third-order valence-electron chi connectivity index (χ3n) is 3.18. The number of nitrogens with zero attached hydrogens (tertiary/aromatic N) is 2. The van der Waals surface area contributed by atoms with Crippen molar-refractivity contribution in [2.24, 2.45) is 0 Å². The lowest BCUT2D eigenvalue weighted by Gasteiger charge is -1.98. The number of rotatable bonds is 4. The zero-order valence-electron chi connectivity index (χ0n) is 12.9. The Bertz CT molecular complexity index is 864. The normalized spacial score (nSPS) is 9.83. The molecule has 0 aliphatic rings. The molecule has 0 unspecified atom stereocenters. The van der Waals surface area contributed by atoms with Gasteiger partial charge in [0, 0.05) is 28.9 Å². The fraction of sp³-hybridized carbons (Fsp3) is 0.105. The van der Waals surface area contributed by atoms with Crippen LogP contribution >= 0.6 is 11.3 Å². The van der Waals surface area contributed by atoms with Gasteiger partial charge in [-0.3, -0.25) is 9.78 Å². The lowest BCUT2D eigenvalue weighted by molar-refractivity contribution is -0.120. The summed E-state index contributed by atoms with van der Waals surface area (Å²) in [4.78, 5) is 20.5. The molecule has 1 N–H and O–H groups in total. The third-order valence-corrected chi connectivity index (χ3v) is 4.12. The van der Waals surface area contributed by atoms with Crippen molar-refractivity contribution in [1.82, 2.24) is 15.3 Å². The summed E-state index contributed by atoms with van der Waals surface area (Å²) < 4.78 is 0. The number of carbonyl (C=O) groups excluding carboxylic acids is 1. The Morgan fingerprint density at radius 3 is 2.83 bits per heavy atom. The highest BCUT2D eigenvalue weighted by Gasteiger charge is 2.08. The number of pyridine rings is 1. The summed E-state index contributed by atoms with van der Waals surface area (Å²) in [7, 11) is 0. The molecule has 2 aromatic heterocycles. The second-order valence-electron chi connectivity index (χ2n) is 5.01. The van der Waals surface area contributed by atoms with Crippen molar-refractivity contribution < 1.29 is 4.79 Å². The molecule has 1 aromatic carbocycles. The molecule has 0 saturated carbocycles. The number of thiazole rings is 1. The van der Waals surface area contributed by atoms with Crippen molar-refractivity contribution in [2.45, 2.75) is 6.42 Å². The Kier molecular flexibility index (Phi) is 5.33. The van der Waals surface area contributed by atoms with Crippen LogP contribution in [0.2, 0.25) is 0 Å². The predicted molar refractivity (Wildman–Crippen MR) is 95.4 cm³/mol. The van der Waals surface area contributed by atoms with Crippen LogP contribution in [0.25, 0.3) is 10.6 Å². The van der Waals surface area contributed by atoms with Crippen LogP contribution in [0.15, 0.2) is 60.2 Å². The Morgan fingerprint density at radius 1 is 1.17 bits per heavy atom. The van der Waals surface area contributed by atoms with Gasteiger partial charge in [0.15, 0.2) is 0 Å². The highest BCUT2D eigenvalue weighted by atomic mass is 32.1. The summed E-state index contributed by atoms with van der Waals surface area (Å²) in [5, 5.41) is 5.56. The summed E-state index contributed by atoms with van der Waals surface area (Å²) in [6, 6.07) is 13.5. The summed E-state index contributed by atoms with van der Waals surface area (Å²) >= 11 is 1.51. The maximum atomic E-state index is 11.9. The molecule has 0 saturated heterocycles. The van der Waals surface area contributed by atoms with E-state index >= 15 is 0 Å². The molecule has 4 nitrogen and oxygen atoms in total. The summed E-state index contributed by atoms with van der Waals surface area (Å²) in [6.07, 6.45) is 3.74. The molecular weight excluding hydrogens is 318 g/mol. The molecule has 0 radical (unpaired) electrons. The van der Waals surface area contributed by atoms with E-state index in [4.69, 9.17) is 0 Å². The van der Waals surface area contributed by atoms with Gasteiger partial charge in [-0.15, -0.1) is 11.3 Å². The summed E-state index contributed by atoms with van der Waals surface area (Å²) in [5.74, 6) is 5.86. The van der Waals surface area contributed by atoms with E-state index in [2.05, 4.69) is 27.1 Å². The van der Waals surface area contributed by atoms with E-state index in [0.29, 0.717) is 6.54 Å². The van der Waals surface area contributed by atoms with Crippen molar-refractivity contribution in [2.75, 3.05) is 6.54 Å². The van der Waals surface area contributed by atoms with Crippen molar-refractivity contribution in [3.63, 3.8) is 0 Å². The van der Waals surface area contributed by atoms with Crippen molar-refractivity contribution in [3.8, 4) is 22.4 Å². The van der Waals surface area contributed by atoms with Gasteiger partial charge in [-0.25, -0.2) is 4.98 Å². The topological polar surface area (TPSA) is 54.9 Å². The van der Waals surface area contributed by atoms with Crippen LogP contribution in [-0.4, -0.2) is 22.4 Å². The first-order chi connectivity index (χ1) is 11.8. The van der Waals surface area contributed by atoms with Crippen LogP contribution in [0.1, 0.15) is 11.3 Å². The van der Waals surface area contributed by atoms with Gasteiger partial charge in [-0.2, -0.15) is 0 Å². The third kappa shape index (κ3) is 4.51. The number of amides is 1. The lowest BCUT2D eigenvalue weighted by atomic mass is 10.2. The molecule has 118 valence electrons. The molecular formula is C19H15N3OS. The van der Waals surface area contributed by atoms with Gasteiger partial charge >= 0.3 is 0 Å². The predicted octanol–water partition coefficient (Wildman–Crippen LogP) is 2.92. The molecule has 0 bridgehead atoms. The lowest BCUT2D eigenvalue weighted by Crippen LogP contribution is -2.25. The summed E-state index contributed by atoms with van der Waals surface area (Å²) in [6.45, 7) is 0.327. The number of benzene rings is 1. The highest BCUT2D eigenvalue weighted by molar-refractivity contribution is 7.13. The maximum absolute atomic E-state index is 11.9. The number of hydrogen-bond acceptors (Lipinski definition) is 4. The fourth-order valence-corrected chi connectivity index (χ4v) is 2.86. The first-order valence-corrected chi connectivity index (χ1v) is 8.34. The van der Waals surface area contributed by atoms with Gasteiger partial charge < -0.3 is 5.32 Å². The van der Waals surface area contributed by atoms with Gasteiger partial charge in [-0.05, 0) is 24.3 Å². The Balaban J connectivity index is 1.51. The van der Waals surface area contributed by atoms with E-state index in [9.17, 15) is 4.79 Å². The van der Waals surface area contributed by atoms with Crippen LogP contribution in [0, 0.1) is 11.8 Å². The van der Waals surface area contributed by atoms with E-state index in [1.807, 2.05) is 47.8 Å². The molecule has 0 spiro atoms. The van der Waals surface area contributed by atoms with Gasteiger partial charge in [0.1, 0.15) is 5.01 Å². The molecule has 3 aromatic rings. The Labute approximate surface area is 144 Å². The van der Waals surface area contributed by atoms with E-state index in [1.54, 1.807) is 12.4 Å². The molecule has 0 aliphatic heterocycles. The minimum Gasteiger partial charge on any atom is -0.345 e. The smallest absolute Gasteiger partial charge is 0.226 e. The molecule has 3 rings (SSSR count). The standard InChI is InChI=1S/C19H15N3OS/c23-18(21-11-4-8-15-6-2-1-3-7-15)12-17-14-24-19(22-17)16-9-5-10-20-13-16/h1-3,5-7,9-10,13-14H,11-12H2,(H,21,23). The highest BCUT2D eigenvalue weighted by Crippen LogP contribution is 2.22. The minimum absolute atomic E-state index is 0.0830. The van der Waals surface area contributed by atoms with Crippen LogP contribution < -0.4 is 5.32 Å². The maximum Gasteiger partial charge on any atom is 0.226 e. The molecule has 24 heavy (non-hydrogen) atoms. The first-order valence-electron chi connectivity index (χ1n) is 7.47. The van der Waals surface area contributed by atoms with E-state index in [1.165, 1.54) is 11.3 Å². The van der Waals surface area contributed by atoms with Gasteiger partial charge in [0.05, 0.1) is 18.7 Å². The molecule has 2 heterocycles. The SMILES string of the molecule is O=C(Cc1csc(-c2cccnc2)n1)NCC#Cc1ccccc1. The Hall–Kier alpha value is -2.97. The first kappa shape index (κ1) is 15.9. The van der Waals surface area contributed by atoms with Gasteiger partial charge in [-0.1, -0.05) is 30.0 Å². The zero-order valence-corrected chi connectivity index (χ0v) is 13.7. The Morgan fingerprint density at radius 2 is 2.04 bits per heavy atom. The quantitative estimate of drug-likeness (QED) is 0.747. The van der Waals surface area contributed by atoms with Gasteiger partial charge in [0.25, 0.3) is 0 Å². The van der Waals surface area contributed by atoms with Crippen LogP contribution in [0.3, 0.4) is 0 Å². The van der Waals surface area contributed by atoms with E-state index < -0.39 is 0 Å². The minimum atomic E-state index is -0.0830. The number of hydrogen-bond donors (Lipinski definition) is 1. The van der Waals surface area contributed by atoms with Crippen LogP contribution in [-0.2, 0) is 11.2 Å². The average molecular weight is 333 g/mol. The van der Waals surface area contributed by atoms with Gasteiger partial charge in [0.2, 0.25) is 5.91 Å². The van der Waals surface area contributed by atoms with E-state index in [0.717, 1.165) is 21.8 Å². The second kappa shape index (κ2) is 8.04. The molecule has 0 fully saturated rings. The van der Waals surface area contributed by atoms with Crippen LogP contribution in [0.5, 0.6) is 0 Å². The van der Waals surface area contributed by atoms with Crippen molar-refractivity contribution in [3.05, 3.63) is 71.5 Å². The monoisotopic (exact) mass is 333 g/mol. The van der Waals surface area contributed by atoms with Crippen molar-refractivity contribution in [1.29, 1.82) is 0 Å². The molecule has 1 amide bonds. The van der Waals surface area contributed by atoms with E-state index in [-0.39, 0.29) is 12.3 Å². The molecule has 0 atom stereocenters. The second-order valence-corrected chi connectivity index (χ2v) is 5.87. The number of carbonyl (C=O) groups is 1. The zero-order chi connectivity index (χ0) is 16.6. The number of nitrogens with one attached hydrogen (secondary N) is 1. The fourth-order valence-electron chi connectivity index (χ4n) is 2.05. The largest absolute Gasteiger partial charge is 0.345 e. The molecule has 0 aliphatic carbocycles. The summed E-state index contributed by atoms with van der Waals surface area (Å²) in [5.41, 5.74) is 2.66.